The Labute approximate surface area is 147 Å². The molecule has 130 valence electrons. The standard InChI is InChI=1S/C18H25FN4S/c1-5-16-23-15(11-24-16)10-21-17(20-4)22-12-18(2,3)13-7-6-8-14(19)9-13/h6-9,11H,5,10,12H2,1-4H3,(H2,20,21,22). The fraction of sp³-hybridized carbons (Fsp3) is 0.444. The minimum Gasteiger partial charge on any atom is -0.356 e. The number of aryl methyl sites for hydroxylation is 1. The molecule has 0 fully saturated rings. The van der Waals surface area contributed by atoms with Gasteiger partial charge in [-0.05, 0) is 24.1 Å². The van der Waals surface area contributed by atoms with Crippen LogP contribution in [0.2, 0.25) is 0 Å². The summed E-state index contributed by atoms with van der Waals surface area (Å²) in [5.74, 6) is 0.504. The van der Waals surface area contributed by atoms with Gasteiger partial charge in [0, 0.05) is 24.4 Å². The van der Waals surface area contributed by atoms with Gasteiger partial charge in [-0.25, -0.2) is 9.37 Å². The van der Waals surface area contributed by atoms with E-state index in [1.165, 1.54) is 6.07 Å². The normalized spacial score (nSPS) is 12.3. The summed E-state index contributed by atoms with van der Waals surface area (Å²) in [4.78, 5) is 8.77. The molecule has 0 saturated carbocycles. The van der Waals surface area contributed by atoms with E-state index in [1.54, 1.807) is 30.5 Å². The number of benzene rings is 1. The van der Waals surface area contributed by atoms with Crippen molar-refractivity contribution in [3.05, 3.63) is 51.7 Å². The number of hydrogen-bond acceptors (Lipinski definition) is 3. The molecule has 4 nitrogen and oxygen atoms in total. The molecule has 1 heterocycles. The number of hydrogen-bond donors (Lipinski definition) is 2. The maximum Gasteiger partial charge on any atom is 0.191 e. The van der Waals surface area contributed by atoms with Gasteiger partial charge in [0.2, 0.25) is 0 Å². The summed E-state index contributed by atoms with van der Waals surface area (Å²) >= 11 is 1.68. The SMILES string of the molecule is CCc1nc(CNC(=NC)NCC(C)(C)c2cccc(F)c2)cs1. The lowest BCUT2D eigenvalue weighted by molar-refractivity contribution is 0.503. The van der Waals surface area contributed by atoms with Crippen molar-refractivity contribution in [3.8, 4) is 0 Å². The summed E-state index contributed by atoms with van der Waals surface area (Å²) < 4.78 is 13.4. The Balaban J connectivity index is 1.90. The molecule has 0 spiro atoms. The Morgan fingerprint density at radius 3 is 2.75 bits per heavy atom. The second-order valence-corrected chi connectivity index (χ2v) is 7.20. The smallest absolute Gasteiger partial charge is 0.191 e. The Hall–Kier alpha value is -1.95. The van der Waals surface area contributed by atoms with Crippen LogP contribution in [0.15, 0.2) is 34.6 Å². The predicted molar refractivity (Wildman–Crippen MR) is 99.1 cm³/mol. The van der Waals surface area contributed by atoms with Gasteiger partial charge in [0.1, 0.15) is 5.82 Å². The fourth-order valence-electron chi connectivity index (χ4n) is 2.30. The number of aliphatic imine (C=N–C) groups is 1. The van der Waals surface area contributed by atoms with Crippen LogP contribution in [0.1, 0.15) is 37.0 Å². The number of halogens is 1. The zero-order valence-corrected chi connectivity index (χ0v) is 15.5. The Morgan fingerprint density at radius 2 is 2.12 bits per heavy atom. The highest BCUT2D eigenvalue weighted by Gasteiger charge is 2.21. The van der Waals surface area contributed by atoms with Crippen molar-refractivity contribution >= 4 is 17.3 Å². The van der Waals surface area contributed by atoms with E-state index in [9.17, 15) is 4.39 Å². The quantitative estimate of drug-likeness (QED) is 0.621. The Kier molecular flexibility index (Phi) is 6.31. The van der Waals surface area contributed by atoms with Gasteiger partial charge in [-0.3, -0.25) is 4.99 Å². The number of rotatable bonds is 6. The van der Waals surface area contributed by atoms with Crippen LogP contribution < -0.4 is 10.6 Å². The predicted octanol–water partition coefficient (Wildman–Crippen LogP) is 3.49. The largest absolute Gasteiger partial charge is 0.356 e. The minimum atomic E-state index is -0.213. The van der Waals surface area contributed by atoms with Crippen molar-refractivity contribution in [2.75, 3.05) is 13.6 Å². The van der Waals surface area contributed by atoms with Crippen LogP contribution in [-0.4, -0.2) is 24.5 Å². The molecule has 24 heavy (non-hydrogen) atoms. The first-order valence-corrected chi connectivity index (χ1v) is 8.96. The third-order valence-electron chi connectivity index (χ3n) is 3.87. The molecular weight excluding hydrogens is 323 g/mol. The van der Waals surface area contributed by atoms with E-state index in [0.717, 1.165) is 22.7 Å². The maximum absolute atomic E-state index is 13.4. The molecule has 0 aliphatic rings. The van der Waals surface area contributed by atoms with Crippen LogP contribution in [0.5, 0.6) is 0 Å². The number of nitrogens with zero attached hydrogens (tertiary/aromatic N) is 2. The number of thiazole rings is 1. The molecule has 2 N–H and O–H groups in total. The van der Waals surface area contributed by atoms with Gasteiger partial charge >= 0.3 is 0 Å². The second kappa shape index (κ2) is 8.24. The fourth-order valence-corrected chi connectivity index (χ4v) is 3.05. The van der Waals surface area contributed by atoms with Gasteiger partial charge in [0.15, 0.2) is 5.96 Å². The highest BCUT2D eigenvalue weighted by Crippen LogP contribution is 2.22. The number of aromatic nitrogens is 1. The van der Waals surface area contributed by atoms with Crippen molar-refractivity contribution in [1.82, 2.24) is 15.6 Å². The zero-order chi connectivity index (χ0) is 17.6. The van der Waals surface area contributed by atoms with E-state index in [0.29, 0.717) is 19.0 Å². The molecule has 0 saturated heterocycles. The third kappa shape index (κ3) is 5.03. The lowest BCUT2D eigenvalue weighted by Crippen LogP contribution is -2.43. The first-order valence-electron chi connectivity index (χ1n) is 8.08. The summed E-state index contributed by atoms with van der Waals surface area (Å²) in [5, 5.41) is 9.78. The van der Waals surface area contributed by atoms with Gasteiger partial charge in [-0.15, -0.1) is 11.3 Å². The molecule has 0 amide bonds. The molecule has 0 aliphatic heterocycles. The van der Waals surface area contributed by atoms with Crippen LogP contribution in [0.4, 0.5) is 4.39 Å². The summed E-state index contributed by atoms with van der Waals surface area (Å²) in [7, 11) is 1.74. The van der Waals surface area contributed by atoms with Crippen molar-refractivity contribution in [1.29, 1.82) is 0 Å². The third-order valence-corrected chi connectivity index (χ3v) is 4.91. The molecule has 6 heteroatoms. The van der Waals surface area contributed by atoms with E-state index < -0.39 is 0 Å². The lowest BCUT2D eigenvalue weighted by Gasteiger charge is -2.26. The van der Waals surface area contributed by atoms with Crippen molar-refractivity contribution in [3.63, 3.8) is 0 Å². The van der Waals surface area contributed by atoms with Gasteiger partial charge in [0.05, 0.1) is 17.2 Å². The highest BCUT2D eigenvalue weighted by molar-refractivity contribution is 7.09. The Morgan fingerprint density at radius 1 is 1.33 bits per heavy atom. The maximum atomic E-state index is 13.4. The van der Waals surface area contributed by atoms with E-state index in [-0.39, 0.29) is 11.2 Å². The molecule has 1 aromatic carbocycles. The van der Waals surface area contributed by atoms with Crippen LogP contribution in [-0.2, 0) is 18.4 Å². The molecule has 0 radical (unpaired) electrons. The average molecular weight is 348 g/mol. The number of nitrogens with one attached hydrogen (secondary N) is 2. The molecule has 2 rings (SSSR count). The number of guanidine groups is 1. The van der Waals surface area contributed by atoms with E-state index in [1.807, 2.05) is 6.07 Å². The zero-order valence-electron chi connectivity index (χ0n) is 14.7. The lowest BCUT2D eigenvalue weighted by atomic mass is 9.84. The van der Waals surface area contributed by atoms with Crippen molar-refractivity contribution in [2.45, 2.75) is 39.2 Å². The molecule has 1 aromatic heterocycles. The van der Waals surface area contributed by atoms with Gasteiger partial charge in [-0.2, -0.15) is 0 Å². The van der Waals surface area contributed by atoms with E-state index in [4.69, 9.17) is 0 Å². The van der Waals surface area contributed by atoms with E-state index >= 15 is 0 Å². The van der Waals surface area contributed by atoms with Gasteiger partial charge < -0.3 is 10.6 Å². The van der Waals surface area contributed by atoms with Crippen molar-refractivity contribution in [2.24, 2.45) is 4.99 Å². The summed E-state index contributed by atoms with van der Waals surface area (Å²) in [6.07, 6.45) is 0.958. The van der Waals surface area contributed by atoms with Crippen molar-refractivity contribution < 1.29 is 4.39 Å². The topological polar surface area (TPSA) is 49.3 Å². The van der Waals surface area contributed by atoms with Crippen LogP contribution in [0.3, 0.4) is 0 Å². The minimum absolute atomic E-state index is 0.210. The first-order chi connectivity index (χ1) is 11.4. The summed E-state index contributed by atoms with van der Waals surface area (Å²) in [6, 6.07) is 6.74. The monoisotopic (exact) mass is 348 g/mol. The molecule has 0 bridgehead atoms. The summed E-state index contributed by atoms with van der Waals surface area (Å²) in [6.45, 7) is 7.54. The molecule has 2 aromatic rings. The average Bonchev–Trinajstić information content (AvgIpc) is 3.03. The molecule has 0 aliphatic carbocycles. The van der Waals surface area contributed by atoms with Gasteiger partial charge in [-0.1, -0.05) is 32.9 Å². The summed E-state index contributed by atoms with van der Waals surface area (Å²) in [5.41, 5.74) is 1.76. The molecule has 0 atom stereocenters. The molecular formula is C18H25FN4S. The highest BCUT2D eigenvalue weighted by atomic mass is 32.1. The first kappa shape index (κ1) is 18.4. The molecule has 0 unspecified atom stereocenters. The van der Waals surface area contributed by atoms with Crippen LogP contribution in [0.25, 0.3) is 0 Å². The van der Waals surface area contributed by atoms with E-state index in [2.05, 4.69) is 46.8 Å². The Bertz CT molecular complexity index is 694. The van der Waals surface area contributed by atoms with Crippen LogP contribution in [0, 0.1) is 5.82 Å². The second-order valence-electron chi connectivity index (χ2n) is 6.26. The van der Waals surface area contributed by atoms with Crippen LogP contribution >= 0.6 is 11.3 Å². The van der Waals surface area contributed by atoms with Gasteiger partial charge in [0.25, 0.3) is 0 Å².